The molecule has 6 nitrogen and oxygen atoms in total. The summed E-state index contributed by atoms with van der Waals surface area (Å²) in [5.41, 5.74) is 2.12. The Morgan fingerprint density at radius 3 is 2.50 bits per heavy atom. The second kappa shape index (κ2) is 8.86. The fourth-order valence-corrected chi connectivity index (χ4v) is 4.64. The Hall–Kier alpha value is -2.22. The minimum Gasteiger partial charge on any atom is -0.322 e. The van der Waals surface area contributed by atoms with Crippen LogP contribution in [0.1, 0.15) is 42.6 Å². The molecule has 0 saturated carbocycles. The van der Waals surface area contributed by atoms with Crippen LogP contribution >= 0.6 is 0 Å². The monoisotopic (exact) mass is 401 g/mol. The third kappa shape index (κ3) is 5.19. The van der Waals surface area contributed by atoms with Gasteiger partial charge in [-0.05, 0) is 69.6 Å². The number of hydrogen-bond donors (Lipinski definition) is 2. The molecule has 1 heterocycles. The molecule has 2 N–H and O–H groups in total. The molecule has 1 aliphatic heterocycles. The van der Waals surface area contributed by atoms with Gasteiger partial charge < -0.3 is 5.32 Å². The van der Waals surface area contributed by atoms with Crippen molar-refractivity contribution in [3.63, 3.8) is 0 Å². The summed E-state index contributed by atoms with van der Waals surface area (Å²) in [6.45, 7) is 6.45. The SMILES string of the molecule is CC(C)NS(=O)(=O)c1cccc(C(=O)Nc2ccccc2CN2CCCC2)c1. The second-order valence-electron chi connectivity index (χ2n) is 7.40. The number of likely N-dealkylation sites (tertiary alicyclic amines) is 1. The van der Waals surface area contributed by atoms with E-state index in [-0.39, 0.29) is 16.8 Å². The smallest absolute Gasteiger partial charge is 0.255 e. The van der Waals surface area contributed by atoms with Crippen LogP contribution < -0.4 is 10.0 Å². The van der Waals surface area contributed by atoms with Crippen LogP contribution in [-0.4, -0.2) is 38.4 Å². The highest BCUT2D eigenvalue weighted by Gasteiger charge is 2.18. The van der Waals surface area contributed by atoms with Crippen LogP contribution in [-0.2, 0) is 16.6 Å². The van der Waals surface area contributed by atoms with E-state index in [1.54, 1.807) is 26.0 Å². The summed E-state index contributed by atoms with van der Waals surface area (Å²) in [6.07, 6.45) is 2.42. The molecule has 28 heavy (non-hydrogen) atoms. The van der Waals surface area contributed by atoms with E-state index in [0.717, 1.165) is 30.9 Å². The van der Waals surface area contributed by atoms with Crippen molar-refractivity contribution in [1.82, 2.24) is 9.62 Å². The first kappa shape index (κ1) is 20.5. The van der Waals surface area contributed by atoms with Gasteiger partial charge in [0.15, 0.2) is 0 Å². The van der Waals surface area contributed by atoms with Gasteiger partial charge in [-0.2, -0.15) is 0 Å². The normalized spacial score (nSPS) is 15.1. The number of benzene rings is 2. The molecule has 2 aromatic carbocycles. The second-order valence-corrected chi connectivity index (χ2v) is 9.11. The van der Waals surface area contributed by atoms with E-state index in [2.05, 4.69) is 14.9 Å². The quantitative estimate of drug-likeness (QED) is 0.747. The number of anilines is 1. The topological polar surface area (TPSA) is 78.5 Å². The average Bonchev–Trinajstić information content (AvgIpc) is 3.15. The number of carbonyl (C=O) groups is 1. The largest absolute Gasteiger partial charge is 0.322 e. The number of amides is 1. The van der Waals surface area contributed by atoms with Crippen molar-refractivity contribution in [2.75, 3.05) is 18.4 Å². The molecule has 1 saturated heterocycles. The Bertz CT molecular complexity index is 935. The molecule has 0 bridgehead atoms. The average molecular weight is 402 g/mol. The number of hydrogen-bond acceptors (Lipinski definition) is 4. The fraction of sp³-hybridized carbons (Fsp3) is 0.381. The van der Waals surface area contributed by atoms with Crippen LogP contribution in [0.3, 0.4) is 0 Å². The highest BCUT2D eigenvalue weighted by molar-refractivity contribution is 7.89. The van der Waals surface area contributed by atoms with E-state index in [1.165, 1.54) is 25.0 Å². The van der Waals surface area contributed by atoms with E-state index in [1.807, 2.05) is 24.3 Å². The van der Waals surface area contributed by atoms with Gasteiger partial charge in [0.25, 0.3) is 5.91 Å². The molecule has 0 aromatic heterocycles. The predicted octanol–water partition coefficient (Wildman–Crippen LogP) is 3.22. The lowest BCUT2D eigenvalue weighted by molar-refractivity contribution is 0.102. The summed E-state index contributed by atoms with van der Waals surface area (Å²) in [4.78, 5) is 15.2. The predicted molar refractivity (Wildman–Crippen MR) is 111 cm³/mol. The van der Waals surface area contributed by atoms with Crippen molar-refractivity contribution in [1.29, 1.82) is 0 Å². The lowest BCUT2D eigenvalue weighted by atomic mass is 10.1. The van der Waals surface area contributed by atoms with Gasteiger partial charge in [-0.1, -0.05) is 24.3 Å². The van der Waals surface area contributed by atoms with E-state index in [9.17, 15) is 13.2 Å². The highest BCUT2D eigenvalue weighted by Crippen LogP contribution is 2.21. The van der Waals surface area contributed by atoms with Gasteiger partial charge in [0, 0.05) is 23.8 Å². The van der Waals surface area contributed by atoms with Crippen LogP contribution in [0.4, 0.5) is 5.69 Å². The van der Waals surface area contributed by atoms with Gasteiger partial charge in [-0.25, -0.2) is 13.1 Å². The van der Waals surface area contributed by atoms with Crippen molar-refractivity contribution in [3.05, 3.63) is 59.7 Å². The van der Waals surface area contributed by atoms with Crippen molar-refractivity contribution in [2.24, 2.45) is 0 Å². The third-order valence-electron chi connectivity index (χ3n) is 4.66. The van der Waals surface area contributed by atoms with E-state index >= 15 is 0 Å². The Morgan fingerprint density at radius 1 is 1.07 bits per heavy atom. The van der Waals surface area contributed by atoms with Gasteiger partial charge in [0.05, 0.1) is 4.90 Å². The molecule has 1 fully saturated rings. The molecule has 150 valence electrons. The molecule has 0 spiro atoms. The van der Waals surface area contributed by atoms with Gasteiger partial charge in [0.2, 0.25) is 10.0 Å². The molecule has 2 aromatic rings. The molecular formula is C21H27N3O3S. The van der Waals surface area contributed by atoms with Crippen LogP contribution in [0.25, 0.3) is 0 Å². The van der Waals surface area contributed by atoms with E-state index in [4.69, 9.17) is 0 Å². The van der Waals surface area contributed by atoms with Crippen LogP contribution in [0.15, 0.2) is 53.4 Å². The van der Waals surface area contributed by atoms with Gasteiger partial charge >= 0.3 is 0 Å². The van der Waals surface area contributed by atoms with Crippen molar-refractivity contribution >= 4 is 21.6 Å². The summed E-state index contributed by atoms with van der Waals surface area (Å²) < 4.78 is 27.3. The summed E-state index contributed by atoms with van der Waals surface area (Å²) in [5.74, 6) is -0.324. The summed E-state index contributed by atoms with van der Waals surface area (Å²) >= 11 is 0. The number of para-hydroxylation sites is 1. The minimum absolute atomic E-state index is 0.0826. The summed E-state index contributed by atoms with van der Waals surface area (Å²) in [5, 5.41) is 2.94. The summed E-state index contributed by atoms with van der Waals surface area (Å²) in [7, 11) is -3.65. The molecule has 3 rings (SSSR count). The molecule has 1 aliphatic rings. The van der Waals surface area contributed by atoms with Crippen LogP contribution in [0, 0.1) is 0 Å². The third-order valence-corrected chi connectivity index (χ3v) is 6.31. The number of nitrogens with one attached hydrogen (secondary N) is 2. The lowest BCUT2D eigenvalue weighted by Gasteiger charge is -2.18. The Kier molecular flexibility index (Phi) is 6.49. The first-order valence-electron chi connectivity index (χ1n) is 9.59. The standard InChI is InChI=1S/C21H27N3O3S/c1-16(2)23-28(26,27)19-10-7-9-17(14-19)21(25)22-20-11-4-3-8-18(20)15-24-12-5-6-13-24/h3-4,7-11,14,16,23H,5-6,12-13,15H2,1-2H3,(H,22,25). The zero-order valence-electron chi connectivity index (χ0n) is 16.3. The van der Waals surface area contributed by atoms with E-state index < -0.39 is 10.0 Å². The molecule has 1 amide bonds. The molecule has 0 radical (unpaired) electrons. The van der Waals surface area contributed by atoms with Gasteiger partial charge in [-0.3, -0.25) is 9.69 Å². The number of carbonyl (C=O) groups excluding carboxylic acids is 1. The molecule has 0 atom stereocenters. The Balaban J connectivity index is 1.78. The summed E-state index contributed by atoms with van der Waals surface area (Å²) in [6, 6.07) is 13.6. The maximum atomic E-state index is 12.8. The Morgan fingerprint density at radius 2 is 1.79 bits per heavy atom. The van der Waals surface area contributed by atoms with Crippen LogP contribution in [0.2, 0.25) is 0 Å². The van der Waals surface area contributed by atoms with Gasteiger partial charge in [-0.15, -0.1) is 0 Å². The highest BCUT2D eigenvalue weighted by atomic mass is 32.2. The minimum atomic E-state index is -3.65. The maximum Gasteiger partial charge on any atom is 0.255 e. The van der Waals surface area contributed by atoms with Crippen LogP contribution in [0.5, 0.6) is 0 Å². The zero-order valence-corrected chi connectivity index (χ0v) is 17.1. The zero-order chi connectivity index (χ0) is 20.1. The first-order chi connectivity index (χ1) is 13.3. The maximum absolute atomic E-state index is 12.8. The molecular weight excluding hydrogens is 374 g/mol. The number of rotatable bonds is 7. The van der Waals surface area contributed by atoms with Crippen molar-refractivity contribution in [3.8, 4) is 0 Å². The van der Waals surface area contributed by atoms with Crippen molar-refractivity contribution < 1.29 is 13.2 Å². The van der Waals surface area contributed by atoms with Gasteiger partial charge in [0.1, 0.15) is 0 Å². The molecule has 0 aliphatic carbocycles. The fourth-order valence-electron chi connectivity index (χ4n) is 3.34. The molecule has 0 unspecified atom stereocenters. The Labute approximate surface area is 167 Å². The lowest BCUT2D eigenvalue weighted by Crippen LogP contribution is -2.30. The van der Waals surface area contributed by atoms with E-state index in [0.29, 0.717) is 5.56 Å². The number of sulfonamides is 1. The number of nitrogens with zero attached hydrogens (tertiary/aromatic N) is 1. The van der Waals surface area contributed by atoms with Crippen molar-refractivity contribution in [2.45, 2.75) is 44.2 Å². The first-order valence-corrected chi connectivity index (χ1v) is 11.1. The molecule has 7 heteroatoms.